The molecule has 5 heteroatoms. The second-order valence-electron chi connectivity index (χ2n) is 1.98. The predicted octanol–water partition coefficient (Wildman–Crippen LogP) is 2.14. The van der Waals surface area contributed by atoms with Crippen molar-refractivity contribution in [3.8, 4) is 18.1 Å². The molecule has 0 aliphatic carbocycles. The molecule has 1 aromatic heterocycles. The molecule has 1 heterocycles. The number of carbonyl (C=O) groups is 1. The highest BCUT2D eigenvalue weighted by Gasteiger charge is 2.15. The molecule has 0 atom stereocenters. The lowest BCUT2D eigenvalue weighted by molar-refractivity contribution is -0.0499. The Morgan fingerprint density at radius 3 is 2.85 bits per heavy atom. The number of aldehydes is 1. The van der Waals surface area contributed by atoms with Gasteiger partial charge in [0.15, 0.2) is 12.0 Å². The normalized spacial score (nSPS) is 9.69. The van der Waals surface area contributed by atoms with Gasteiger partial charge in [-0.15, -0.1) is 17.8 Å². The average Bonchev–Trinajstić information content (AvgIpc) is 2.46. The molecule has 0 spiro atoms. The Morgan fingerprint density at radius 1 is 1.69 bits per heavy atom. The molecule has 1 aromatic rings. The number of halogens is 2. The van der Waals surface area contributed by atoms with Gasteiger partial charge < -0.3 is 4.74 Å². The molecule has 0 amide bonds. The van der Waals surface area contributed by atoms with Gasteiger partial charge in [-0.2, -0.15) is 8.78 Å². The lowest BCUT2D eigenvalue weighted by atomic mass is 10.3. The number of carbonyl (C=O) groups excluding carboxylic acids is 1. The van der Waals surface area contributed by atoms with Gasteiger partial charge in [-0.25, -0.2) is 0 Å². The second kappa shape index (κ2) is 4.01. The maximum absolute atomic E-state index is 11.8. The number of hydrogen-bond donors (Lipinski definition) is 0. The van der Waals surface area contributed by atoms with Gasteiger partial charge in [0, 0.05) is 5.38 Å². The standard InChI is InChI=1S/C8H4F2O2S/c1-2-5-4-13-6(3-11)7(5)12-8(9)10/h1,3-4,8H. The van der Waals surface area contributed by atoms with E-state index >= 15 is 0 Å². The Labute approximate surface area is 77.1 Å². The largest absolute Gasteiger partial charge is 0.432 e. The molecule has 0 fully saturated rings. The molecule has 0 aliphatic heterocycles. The number of thiophene rings is 1. The van der Waals surface area contributed by atoms with Gasteiger partial charge >= 0.3 is 6.61 Å². The van der Waals surface area contributed by atoms with Gasteiger partial charge in [0.2, 0.25) is 0 Å². The van der Waals surface area contributed by atoms with Gasteiger partial charge in [-0.3, -0.25) is 4.79 Å². The van der Waals surface area contributed by atoms with E-state index in [9.17, 15) is 13.6 Å². The van der Waals surface area contributed by atoms with Crippen LogP contribution in [0.4, 0.5) is 8.78 Å². The molecule has 0 aromatic carbocycles. The molecule has 0 bridgehead atoms. The SMILES string of the molecule is C#Cc1csc(C=O)c1OC(F)F. The fraction of sp³-hybridized carbons (Fsp3) is 0.125. The van der Waals surface area contributed by atoms with E-state index in [1.165, 1.54) is 5.38 Å². The third-order valence-corrected chi connectivity index (χ3v) is 2.13. The van der Waals surface area contributed by atoms with Crippen molar-refractivity contribution in [2.75, 3.05) is 0 Å². The van der Waals surface area contributed by atoms with E-state index in [0.717, 1.165) is 11.3 Å². The van der Waals surface area contributed by atoms with Crippen molar-refractivity contribution in [3.05, 3.63) is 15.8 Å². The number of ether oxygens (including phenoxy) is 1. The van der Waals surface area contributed by atoms with E-state index in [4.69, 9.17) is 6.42 Å². The highest BCUT2D eigenvalue weighted by atomic mass is 32.1. The minimum absolute atomic E-state index is 0.0771. The van der Waals surface area contributed by atoms with Crippen LogP contribution in [0.1, 0.15) is 15.2 Å². The second-order valence-corrected chi connectivity index (χ2v) is 2.89. The van der Waals surface area contributed by atoms with Crippen molar-refractivity contribution in [3.63, 3.8) is 0 Å². The van der Waals surface area contributed by atoms with Crippen LogP contribution in [0, 0.1) is 12.3 Å². The molecule has 2 nitrogen and oxygen atoms in total. The summed E-state index contributed by atoms with van der Waals surface area (Å²) >= 11 is 0.974. The van der Waals surface area contributed by atoms with Crippen molar-refractivity contribution >= 4 is 17.6 Å². The Balaban J connectivity index is 3.06. The first kappa shape index (κ1) is 9.68. The lowest BCUT2D eigenvalue weighted by Crippen LogP contribution is -2.03. The zero-order chi connectivity index (χ0) is 9.84. The highest BCUT2D eigenvalue weighted by molar-refractivity contribution is 7.12. The molecular formula is C8H4F2O2S. The predicted molar refractivity (Wildman–Crippen MR) is 44.3 cm³/mol. The molecule has 1 rings (SSSR count). The maximum Gasteiger partial charge on any atom is 0.387 e. The van der Waals surface area contributed by atoms with Crippen LogP contribution >= 0.6 is 11.3 Å². The number of alkyl halides is 2. The summed E-state index contributed by atoms with van der Waals surface area (Å²) in [6, 6.07) is 0. The monoisotopic (exact) mass is 202 g/mol. The number of rotatable bonds is 3. The summed E-state index contributed by atoms with van der Waals surface area (Å²) in [7, 11) is 0. The fourth-order valence-electron chi connectivity index (χ4n) is 0.754. The number of hydrogen-bond acceptors (Lipinski definition) is 3. The Kier molecular flexibility index (Phi) is 2.98. The summed E-state index contributed by atoms with van der Waals surface area (Å²) in [5, 5.41) is 1.42. The van der Waals surface area contributed by atoms with Gasteiger partial charge in [0.05, 0.1) is 5.56 Å². The molecule has 68 valence electrons. The molecule has 0 N–H and O–H groups in total. The third-order valence-electron chi connectivity index (χ3n) is 1.24. The molecule has 0 radical (unpaired) electrons. The van der Waals surface area contributed by atoms with E-state index < -0.39 is 6.61 Å². The fourth-order valence-corrected chi connectivity index (χ4v) is 1.49. The van der Waals surface area contributed by atoms with Crippen LogP contribution in [0.15, 0.2) is 5.38 Å². The lowest BCUT2D eigenvalue weighted by Gasteiger charge is -2.02. The van der Waals surface area contributed by atoms with Crippen LogP contribution in [0.3, 0.4) is 0 Å². The van der Waals surface area contributed by atoms with E-state index in [-0.39, 0.29) is 16.2 Å². The molecule has 13 heavy (non-hydrogen) atoms. The molecule has 0 saturated heterocycles. The first-order valence-corrected chi connectivity index (χ1v) is 4.05. The number of terminal acetylenes is 1. The van der Waals surface area contributed by atoms with Crippen molar-refractivity contribution in [1.82, 2.24) is 0 Å². The zero-order valence-electron chi connectivity index (χ0n) is 6.29. The quantitative estimate of drug-likeness (QED) is 0.554. The Hall–Kier alpha value is -1.41. The smallest absolute Gasteiger partial charge is 0.387 e. The van der Waals surface area contributed by atoms with Gasteiger partial charge in [-0.05, 0) is 0 Å². The molecule has 0 aliphatic rings. The minimum atomic E-state index is -2.97. The van der Waals surface area contributed by atoms with Gasteiger partial charge in [0.1, 0.15) is 4.88 Å². The van der Waals surface area contributed by atoms with Crippen LogP contribution in [-0.2, 0) is 0 Å². The molecule has 0 saturated carbocycles. The van der Waals surface area contributed by atoms with Crippen molar-refractivity contribution in [2.24, 2.45) is 0 Å². The third kappa shape index (κ3) is 2.04. The summed E-state index contributed by atoms with van der Waals surface area (Å²) in [5.41, 5.74) is 0.174. The van der Waals surface area contributed by atoms with Crippen LogP contribution in [0.5, 0.6) is 5.75 Å². The van der Waals surface area contributed by atoms with E-state index in [0.29, 0.717) is 6.29 Å². The maximum atomic E-state index is 11.8. The zero-order valence-corrected chi connectivity index (χ0v) is 7.11. The highest BCUT2D eigenvalue weighted by Crippen LogP contribution is 2.29. The summed E-state index contributed by atoms with van der Waals surface area (Å²) in [5.74, 6) is 1.94. The van der Waals surface area contributed by atoms with E-state index in [2.05, 4.69) is 10.7 Å². The summed E-state index contributed by atoms with van der Waals surface area (Å²) in [4.78, 5) is 10.4. The van der Waals surface area contributed by atoms with Crippen LogP contribution in [0.2, 0.25) is 0 Å². The van der Waals surface area contributed by atoms with Crippen molar-refractivity contribution in [1.29, 1.82) is 0 Å². The summed E-state index contributed by atoms with van der Waals surface area (Å²) in [6.45, 7) is -2.97. The summed E-state index contributed by atoms with van der Waals surface area (Å²) < 4.78 is 27.8. The average molecular weight is 202 g/mol. The van der Waals surface area contributed by atoms with E-state index in [1.807, 2.05) is 0 Å². The first-order chi connectivity index (χ1) is 6.19. The Bertz CT molecular complexity index is 352. The van der Waals surface area contributed by atoms with Crippen LogP contribution < -0.4 is 4.74 Å². The van der Waals surface area contributed by atoms with Crippen LogP contribution in [0.25, 0.3) is 0 Å². The minimum Gasteiger partial charge on any atom is -0.432 e. The topological polar surface area (TPSA) is 26.3 Å². The van der Waals surface area contributed by atoms with Gasteiger partial charge in [0.25, 0.3) is 0 Å². The summed E-state index contributed by atoms with van der Waals surface area (Å²) in [6.07, 6.45) is 5.44. The molecule has 0 unspecified atom stereocenters. The Morgan fingerprint density at radius 2 is 2.38 bits per heavy atom. The van der Waals surface area contributed by atoms with Crippen molar-refractivity contribution < 1.29 is 18.3 Å². The molecular weight excluding hydrogens is 198 g/mol. The van der Waals surface area contributed by atoms with E-state index in [1.54, 1.807) is 0 Å². The van der Waals surface area contributed by atoms with Crippen LogP contribution in [-0.4, -0.2) is 12.9 Å². The van der Waals surface area contributed by atoms with Crippen molar-refractivity contribution in [2.45, 2.75) is 6.61 Å². The first-order valence-electron chi connectivity index (χ1n) is 3.17. The van der Waals surface area contributed by atoms with Gasteiger partial charge in [-0.1, -0.05) is 5.92 Å².